The Morgan fingerprint density at radius 3 is 2.61 bits per heavy atom. The predicted octanol–water partition coefficient (Wildman–Crippen LogP) is 4.71. The van der Waals surface area contributed by atoms with Gasteiger partial charge in [-0.1, -0.05) is 48.5 Å². The van der Waals surface area contributed by atoms with Gasteiger partial charge in [0.05, 0.1) is 18.1 Å². The average molecular weight is 299 g/mol. The number of nitrogens with zero attached hydrogens (tertiary/aromatic N) is 3. The molecule has 0 aliphatic heterocycles. The SMILES string of the molecule is CC(c1ccc(-c2cccc3ccccc23)nc1)n1ccnc1. The second-order valence-electron chi connectivity index (χ2n) is 5.69. The predicted molar refractivity (Wildman–Crippen MR) is 93.2 cm³/mol. The molecule has 1 unspecified atom stereocenters. The Labute approximate surface area is 135 Å². The Balaban J connectivity index is 1.73. The fraction of sp³-hybridized carbons (Fsp3) is 0.100. The van der Waals surface area contributed by atoms with Crippen molar-refractivity contribution in [1.82, 2.24) is 14.5 Å². The molecule has 2 aromatic carbocycles. The first-order valence-corrected chi connectivity index (χ1v) is 7.74. The van der Waals surface area contributed by atoms with E-state index in [4.69, 9.17) is 4.98 Å². The van der Waals surface area contributed by atoms with E-state index in [0.29, 0.717) is 0 Å². The zero-order valence-electron chi connectivity index (χ0n) is 12.9. The number of hydrogen-bond acceptors (Lipinski definition) is 2. The van der Waals surface area contributed by atoms with Crippen LogP contribution >= 0.6 is 0 Å². The van der Waals surface area contributed by atoms with Crippen LogP contribution in [-0.2, 0) is 0 Å². The van der Waals surface area contributed by atoms with E-state index in [1.807, 2.05) is 18.7 Å². The van der Waals surface area contributed by atoms with Gasteiger partial charge in [0.25, 0.3) is 0 Å². The van der Waals surface area contributed by atoms with E-state index < -0.39 is 0 Å². The van der Waals surface area contributed by atoms with Crippen LogP contribution in [0.3, 0.4) is 0 Å². The van der Waals surface area contributed by atoms with E-state index >= 15 is 0 Å². The van der Waals surface area contributed by atoms with E-state index in [9.17, 15) is 0 Å². The molecule has 1 atom stereocenters. The molecule has 23 heavy (non-hydrogen) atoms. The first-order chi connectivity index (χ1) is 11.3. The van der Waals surface area contributed by atoms with Crippen LogP contribution in [-0.4, -0.2) is 14.5 Å². The summed E-state index contributed by atoms with van der Waals surface area (Å²) in [5, 5.41) is 2.47. The molecule has 0 radical (unpaired) electrons. The molecule has 2 heterocycles. The van der Waals surface area contributed by atoms with Gasteiger partial charge in [0.15, 0.2) is 0 Å². The molecule has 3 nitrogen and oxygen atoms in total. The molecular formula is C20H17N3. The van der Waals surface area contributed by atoms with E-state index in [-0.39, 0.29) is 6.04 Å². The molecule has 0 aliphatic rings. The van der Waals surface area contributed by atoms with Gasteiger partial charge >= 0.3 is 0 Å². The van der Waals surface area contributed by atoms with Gasteiger partial charge in [-0.25, -0.2) is 4.98 Å². The number of hydrogen-bond donors (Lipinski definition) is 0. The molecule has 112 valence electrons. The quantitative estimate of drug-likeness (QED) is 0.548. The Kier molecular flexibility index (Phi) is 3.39. The minimum absolute atomic E-state index is 0.228. The summed E-state index contributed by atoms with van der Waals surface area (Å²) in [6, 6.07) is 19.2. The van der Waals surface area contributed by atoms with Gasteiger partial charge in [0, 0.05) is 24.2 Å². The highest BCUT2D eigenvalue weighted by atomic mass is 15.0. The van der Waals surface area contributed by atoms with Crippen molar-refractivity contribution in [1.29, 1.82) is 0 Å². The Morgan fingerprint density at radius 2 is 1.83 bits per heavy atom. The average Bonchev–Trinajstić information content (AvgIpc) is 3.15. The van der Waals surface area contributed by atoms with Crippen LogP contribution in [0.5, 0.6) is 0 Å². The molecule has 4 aromatic rings. The van der Waals surface area contributed by atoms with Crippen LogP contribution in [0.25, 0.3) is 22.0 Å². The first-order valence-electron chi connectivity index (χ1n) is 7.74. The summed E-state index contributed by atoms with van der Waals surface area (Å²) in [7, 11) is 0. The Hall–Kier alpha value is -2.94. The summed E-state index contributed by atoms with van der Waals surface area (Å²) in [6.45, 7) is 2.15. The summed E-state index contributed by atoms with van der Waals surface area (Å²) >= 11 is 0. The van der Waals surface area contributed by atoms with Gasteiger partial charge in [0.1, 0.15) is 0 Å². The van der Waals surface area contributed by atoms with Crippen LogP contribution in [0, 0.1) is 0 Å². The molecule has 2 aromatic heterocycles. The molecule has 0 saturated heterocycles. The molecule has 0 amide bonds. The molecule has 0 spiro atoms. The zero-order chi connectivity index (χ0) is 15.6. The first kappa shape index (κ1) is 13.7. The minimum Gasteiger partial charge on any atom is -0.330 e. The Bertz CT molecular complexity index is 919. The molecule has 0 fully saturated rings. The van der Waals surface area contributed by atoms with Gasteiger partial charge in [-0.3, -0.25) is 4.98 Å². The van der Waals surface area contributed by atoms with Crippen LogP contribution in [0.15, 0.2) is 79.5 Å². The highest BCUT2D eigenvalue weighted by Gasteiger charge is 2.09. The maximum absolute atomic E-state index is 4.70. The van der Waals surface area contributed by atoms with E-state index in [1.165, 1.54) is 21.9 Å². The molecule has 0 bridgehead atoms. The monoisotopic (exact) mass is 299 g/mol. The van der Waals surface area contributed by atoms with E-state index in [1.54, 1.807) is 6.20 Å². The number of rotatable bonds is 3. The lowest BCUT2D eigenvalue weighted by Crippen LogP contribution is -2.04. The molecule has 0 aliphatic carbocycles. The second-order valence-corrected chi connectivity index (χ2v) is 5.69. The van der Waals surface area contributed by atoms with Crippen LogP contribution in [0.4, 0.5) is 0 Å². The maximum Gasteiger partial charge on any atom is 0.0951 e. The van der Waals surface area contributed by atoms with Crippen molar-refractivity contribution in [2.75, 3.05) is 0 Å². The van der Waals surface area contributed by atoms with Gasteiger partial charge in [-0.2, -0.15) is 0 Å². The highest BCUT2D eigenvalue weighted by Crippen LogP contribution is 2.28. The van der Waals surface area contributed by atoms with Crippen LogP contribution < -0.4 is 0 Å². The van der Waals surface area contributed by atoms with Crippen molar-refractivity contribution < 1.29 is 0 Å². The van der Waals surface area contributed by atoms with Gasteiger partial charge in [-0.15, -0.1) is 0 Å². The van der Waals surface area contributed by atoms with Gasteiger partial charge in [-0.05, 0) is 29.3 Å². The van der Waals surface area contributed by atoms with Gasteiger partial charge in [0.2, 0.25) is 0 Å². The smallest absolute Gasteiger partial charge is 0.0951 e. The standard InChI is InChI=1S/C20H17N3/c1-15(23-12-11-21-14-23)17-9-10-20(22-13-17)19-8-4-6-16-5-2-3-7-18(16)19/h2-15H,1H3. The maximum atomic E-state index is 4.70. The topological polar surface area (TPSA) is 30.7 Å². The number of fused-ring (bicyclic) bond motifs is 1. The summed E-state index contributed by atoms with van der Waals surface area (Å²) < 4.78 is 2.08. The van der Waals surface area contributed by atoms with E-state index in [2.05, 4.69) is 71.1 Å². The third-order valence-corrected chi connectivity index (χ3v) is 4.31. The lowest BCUT2D eigenvalue weighted by Gasteiger charge is -2.14. The second kappa shape index (κ2) is 5.69. The lowest BCUT2D eigenvalue weighted by molar-refractivity contribution is 0.636. The van der Waals surface area contributed by atoms with Crippen molar-refractivity contribution >= 4 is 10.8 Å². The number of pyridine rings is 1. The summed E-state index contributed by atoms with van der Waals surface area (Å²) in [4.78, 5) is 8.81. The Morgan fingerprint density at radius 1 is 0.957 bits per heavy atom. The summed E-state index contributed by atoms with van der Waals surface area (Å²) in [6.07, 6.45) is 7.57. The zero-order valence-corrected chi connectivity index (χ0v) is 12.9. The minimum atomic E-state index is 0.228. The van der Waals surface area contributed by atoms with E-state index in [0.717, 1.165) is 5.69 Å². The largest absolute Gasteiger partial charge is 0.330 e. The highest BCUT2D eigenvalue weighted by molar-refractivity contribution is 5.95. The van der Waals surface area contributed by atoms with Crippen molar-refractivity contribution in [3.63, 3.8) is 0 Å². The summed E-state index contributed by atoms with van der Waals surface area (Å²) in [5.74, 6) is 0. The van der Waals surface area contributed by atoms with Crippen LogP contribution in [0.2, 0.25) is 0 Å². The fourth-order valence-electron chi connectivity index (χ4n) is 2.93. The molecular weight excluding hydrogens is 282 g/mol. The van der Waals surface area contributed by atoms with Gasteiger partial charge < -0.3 is 4.57 Å². The number of imidazole rings is 1. The normalized spacial score (nSPS) is 12.4. The fourth-order valence-corrected chi connectivity index (χ4v) is 2.93. The van der Waals surface area contributed by atoms with Crippen molar-refractivity contribution in [3.05, 3.63) is 85.1 Å². The third kappa shape index (κ3) is 2.50. The third-order valence-electron chi connectivity index (χ3n) is 4.31. The lowest BCUT2D eigenvalue weighted by atomic mass is 10.0. The van der Waals surface area contributed by atoms with Crippen molar-refractivity contribution in [3.8, 4) is 11.3 Å². The molecule has 0 saturated carbocycles. The van der Waals surface area contributed by atoms with Crippen molar-refractivity contribution in [2.24, 2.45) is 0 Å². The molecule has 3 heteroatoms. The van der Waals surface area contributed by atoms with Crippen molar-refractivity contribution in [2.45, 2.75) is 13.0 Å². The molecule has 0 N–H and O–H groups in total. The summed E-state index contributed by atoms with van der Waals surface area (Å²) in [5.41, 5.74) is 3.35. The number of aromatic nitrogens is 3. The molecule has 4 rings (SSSR count). The number of benzene rings is 2. The van der Waals surface area contributed by atoms with Crippen LogP contribution in [0.1, 0.15) is 18.5 Å².